The van der Waals surface area contributed by atoms with E-state index < -0.39 is 5.97 Å². The number of benzene rings is 3. The topological polar surface area (TPSA) is 84.2 Å². The lowest BCUT2D eigenvalue weighted by Crippen LogP contribution is -2.09. The number of carbonyl (C=O) groups is 2. The summed E-state index contributed by atoms with van der Waals surface area (Å²) in [4.78, 5) is 25.9. The summed E-state index contributed by atoms with van der Waals surface area (Å²) >= 11 is 0. The number of methoxy groups -OCH3 is 1. The summed E-state index contributed by atoms with van der Waals surface area (Å²) < 4.78 is 28.0. The number of para-hydroxylation sites is 1. The van der Waals surface area contributed by atoms with Crippen LogP contribution >= 0.6 is 0 Å². The van der Waals surface area contributed by atoms with E-state index in [2.05, 4.69) is 0 Å². The number of esters is 1. The first kappa shape index (κ1) is 22.3. The normalized spacial score (nSPS) is 13.6. The highest BCUT2D eigenvalue weighted by molar-refractivity contribution is 6.14. The molecule has 0 amide bonds. The van der Waals surface area contributed by atoms with Gasteiger partial charge in [-0.3, -0.25) is 4.79 Å². The maximum Gasteiger partial charge on any atom is 0.347 e. The molecule has 0 radical (unpaired) electrons. The fourth-order valence-electron chi connectivity index (χ4n) is 4.02. The molecule has 3 aromatic carbocycles. The van der Waals surface area contributed by atoms with Gasteiger partial charge in [0.1, 0.15) is 39.9 Å². The van der Waals surface area contributed by atoms with E-state index in [1.54, 1.807) is 56.5 Å². The lowest BCUT2D eigenvalue weighted by Gasteiger charge is -2.06. The molecule has 1 aliphatic rings. The first-order valence-electron chi connectivity index (χ1n) is 11.1. The molecule has 0 saturated carbocycles. The number of hydrogen-bond donors (Lipinski definition) is 0. The molecule has 0 fully saturated rings. The van der Waals surface area contributed by atoms with Crippen molar-refractivity contribution in [1.82, 2.24) is 0 Å². The van der Waals surface area contributed by atoms with Crippen LogP contribution in [-0.2, 0) is 0 Å². The predicted molar refractivity (Wildman–Crippen MR) is 129 cm³/mol. The van der Waals surface area contributed by atoms with Crippen molar-refractivity contribution < 1.29 is 33.0 Å². The minimum Gasteiger partial charge on any atom is -0.496 e. The zero-order valence-electron chi connectivity index (χ0n) is 19.4. The molecule has 1 aromatic heterocycles. The van der Waals surface area contributed by atoms with Gasteiger partial charge in [0.05, 0.1) is 19.3 Å². The van der Waals surface area contributed by atoms with Crippen molar-refractivity contribution in [2.24, 2.45) is 0 Å². The van der Waals surface area contributed by atoms with E-state index >= 15 is 0 Å². The van der Waals surface area contributed by atoms with E-state index in [0.29, 0.717) is 57.3 Å². The van der Waals surface area contributed by atoms with Gasteiger partial charge in [0, 0.05) is 17.0 Å². The van der Waals surface area contributed by atoms with Crippen LogP contribution in [0.15, 0.2) is 70.8 Å². The molecule has 4 aromatic rings. The SMILES string of the molecule is CCOc1ccc2oc(C)c(C(=O)Oc3ccc4c(c3)OC(=Cc3ccccc3OC)C4=O)c2c1. The monoisotopic (exact) mass is 470 g/mol. The lowest BCUT2D eigenvalue weighted by molar-refractivity contribution is 0.0734. The first-order valence-corrected chi connectivity index (χ1v) is 11.1. The lowest BCUT2D eigenvalue weighted by atomic mass is 10.1. The summed E-state index contributed by atoms with van der Waals surface area (Å²) in [6, 6.07) is 17.3. The van der Waals surface area contributed by atoms with Gasteiger partial charge in [-0.1, -0.05) is 18.2 Å². The quantitative estimate of drug-likeness (QED) is 0.195. The number of hydrogen-bond acceptors (Lipinski definition) is 7. The van der Waals surface area contributed by atoms with Gasteiger partial charge in [0.15, 0.2) is 5.76 Å². The summed E-state index contributed by atoms with van der Waals surface area (Å²) in [5, 5.41) is 0.605. The van der Waals surface area contributed by atoms with E-state index in [1.807, 2.05) is 25.1 Å². The Morgan fingerprint density at radius 1 is 1.03 bits per heavy atom. The molecule has 0 bridgehead atoms. The fraction of sp³-hybridized carbons (Fsp3) is 0.143. The van der Waals surface area contributed by atoms with Crippen LogP contribution in [0, 0.1) is 6.92 Å². The van der Waals surface area contributed by atoms with Crippen molar-refractivity contribution in [3.05, 3.63) is 88.9 Å². The second-order valence-corrected chi connectivity index (χ2v) is 7.85. The van der Waals surface area contributed by atoms with E-state index in [4.69, 9.17) is 23.4 Å². The van der Waals surface area contributed by atoms with Crippen LogP contribution < -0.4 is 18.9 Å². The predicted octanol–water partition coefficient (Wildman–Crippen LogP) is 5.98. The Labute approximate surface area is 201 Å². The Kier molecular flexibility index (Phi) is 5.74. The van der Waals surface area contributed by atoms with Crippen molar-refractivity contribution >= 4 is 28.8 Å². The molecular weight excluding hydrogens is 448 g/mol. The number of carbonyl (C=O) groups excluding carboxylic acids is 2. The zero-order chi connectivity index (χ0) is 24.5. The van der Waals surface area contributed by atoms with Gasteiger partial charge in [-0.05, 0) is 56.3 Å². The van der Waals surface area contributed by atoms with Crippen molar-refractivity contribution in [2.75, 3.05) is 13.7 Å². The van der Waals surface area contributed by atoms with Gasteiger partial charge in [0.25, 0.3) is 0 Å². The molecule has 0 atom stereocenters. The van der Waals surface area contributed by atoms with Gasteiger partial charge in [0.2, 0.25) is 5.78 Å². The highest BCUT2D eigenvalue weighted by Crippen LogP contribution is 2.36. The molecular formula is C28H22O7. The van der Waals surface area contributed by atoms with Crippen LogP contribution in [0.25, 0.3) is 17.0 Å². The Hall–Kier alpha value is -4.52. The van der Waals surface area contributed by atoms with Crippen molar-refractivity contribution in [1.29, 1.82) is 0 Å². The number of aryl methyl sites for hydroxylation is 1. The molecule has 5 rings (SSSR count). The van der Waals surface area contributed by atoms with E-state index in [-0.39, 0.29) is 17.3 Å². The van der Waals surface area contributed by atoms with Crippen LogP contribution in [0.3, 0.4) is 0 Å². The number of ether oxygens (including phenoxy) is 4. The van der Waals surface area contributed by atoms with Crippen LogP contribution in [0.5, 0.6) is 23.0 Å². The Bertz CT molecular complexity index is 1490. The third kappa shape index (κ3) is 4.12. The molecule has 0 saturated heterocycles. The molecule has 0 unspecified atom stereocenters. The van der Waals surface area contributed by atoms with Gasteiger partial charge >= 0.3 is 5.97 Å². The average Bonchev–Trinajstić information content (AvgIpc) is 3.34. The molecule has 0 aliphatic carbocycles. The number of ketones is 1. The van der Waals surface area contributed by atoms with Crippen LogP contribution in [0.1, 0.15) is 39.0 Å². The number of Topliss-reactive ketones (excluding diaryl/α,β-unsaturated/α-hetero) is 1. The molecule has 7 heteroatoms. The standard InChI is InChI=1S/C28H22O7/c1-4-32-18-10-12-23-21(14-18)26(16(2)33-23)28(30)34-19-9-11-20-24(15-19)35-25(27(20)29)13-17-7-5-6-8-22(17)31-3/h5-15H,4H2,1-3H3. The third-order valence-corrected chi connectivity index (χ3v) is 5.63. The number of furan rings is 1. The average molecular weight is 470 g/mol. The van der Waals surface area contributed by atoms with Crippen molar-refractivity contribution in [2.45, 2.75) is 13.8 Å². The van der Waals surface area contributed by atoms with Crippen LogP contribution in [0.4, 0.5) is 0 Å². The van der Waals surface area contributed by atoms with Crippen LogP contribution in [0.2, 0.25) is 0 Å². The number of fused-ring (bicyclic) bond motifs is 2. The summed E-state index contributed by atoms with van der Waals surface area (Å²) in [6.07, 6.45) is 1.63. The van der Waals surface area contributed by atoms with E-state index in [9.17, 15) is 9.59 Å². The highest BCUT2D eigenvalue weighted by Gasteiger charge is 2.29. The summed E-state index contributed by atoms with van der Waals surface area (Å²) in [7, 11) is 1.56. The maximum atomic E-state index is 13.1. The summed E-state index contributed by atoms with van der Waals surface area (Å²) in [6.45, 7) is 4.09. The van der Waals surface area contributed by atoms with Gasteiger partial charge in [-0.15, -0.1) is 0 Å². The Balaban J connectivity index is 1.41. The van der Waals surface area contributed by atoms with Gasteiger partial charge in [-0.2, -0.15) is 0 Å². The maximum absolute atomic E-state index is 13.1. The minimum absolute atomic E-state index is 0.160. The molecule has 0 spiro atoms. The third-order valence-electron chi connectivity index (χ3n) is 5.63. The molecule has 7 nitrogen and oxygen atoms in total. The second kappa shape index (κ2) is 9.02. The van der Waals surface area contributed by atoms with Crippen LogP contribution in [-0.4, -0.2) is 25.5 Å². The molecule has 2 heterocycles. The van der Waals surface area contributed by atoms with E-state index in [1.165, 1.54) is 6.07 Å². The summed E-state index contributed by atoms with van der Waals surface area (Å²) in [5.41, 5.74) is 1.98. The first-order chi connectivity index (χ1) is 17.0. The Morgan fingerprint density at radius 2 is 1.83 bits per heavy atom. The molecule has 176 valence electrons. The van der Waals surface area contributed by atoms with Crippen molar-refractivity contribution in [3.8, 4) is 23.0 Å². The Morgan fingerprint density at radius 3 is 2.63 bits per heavy atom. The fourth-order valence-corrected chi connectivity index (χ4v) is 4.02. The molecule has 1 aliphatic heterocycles. The minimum atomic E-state index is -0.580. The highest BCUT2D eigenvalue weighted by atomic mass is 16.5. The zero-order valence-corrected chi connectivity index (χ0v) is 19.4. The van der Waals surface area contributed by atoms with Gasteiger partial charge < -0.3 is 23.4 Å². The van der Waals surface area contributed by atoms with E-state index in [0.717, 1.165) is 0 Å². The molecule has 35 heavy (non-hydrogen) atoms. The smallest absolute Gasteiger partial charge is 0.347 e. The molecule has 0 N–H and O–H groups in total. The van der Waals surface area contributed by atoms with Crippen molar-refractivity contribution in [3.63, 3.8) is 0 Å². The number of rotatable bonds is 6. The van der Waals surface area contributed by atoms with Gasteiger partial charge in [-0.25, -0.2) is 4.79 Å². The number of allylic oxidation sites excluding steroid dienone is 1. The largest absolute Gasteiger partial charge is 0.496 e. The summed E-state index contributed by atoms with van der Waals surface area (Å²) in [5.74, 6) is 1.57. The second-order valence-electron chi connectivity index (χ2n) is 7.85.